The highest BCUT2D eigenvalue weighted by molar-refractivity contribution is 7.80. The summed E-state index contributed by atoms with van der Waals surface area (Å²) in [5, 5.41) is 2.70. The molecule has 0 saturated heterocycles. The van der Waals surface area contributed by atoms with Gasteiger partial charge >= 0.3 is 0 Å². The fraction of sp³-hybridized carbons (Fsp3) is 0.300. The van der Waals surface area contributed by atoms with E-state index in [9.17, 15) is 4.79 Å². The summed E-state index contributed by atoms with van der Waals surface area (Å²) < 4.78 is 0. The van der Waals surface area contributed by atoms with E-state index in [1.54, 1.807) is 0 Å². The van der Waals surface area contributed by atoms with Crippen LogP contribution in [-0.4, -0.2) is 18.3 Å². The summed E-state index contributed by atoms with van der Waals surface area (Å²) in [6.45, 7) is 0.499. The Morgan fingerprint density at radius 1 is 1.43 bits per heavy atom. The third-order valence-electron chi connectivity index (χ3n) is 1.80. The molecule has 0 fully saturated rings. The summed E-state index contributed by atoms with van der Waals surface area (Å²) in [5.74, 6) is -0.170. The molecule has 1 aromatic carbocycles. The second kappa shape index (κ2) is 5.94. The summed E-state index contributed by atoms with van der Waals surface area (Å²) in [4.78, 5) is 10.9. The number of carbonyl (C=O) groups excluding carboxylic acids is 1. The van der Waals surface area contributed by atoms with Crippen LogP contribution in [0.2, 0.25) is 0 Å². The summed E-state index contributed by atoms with van der Waals surface area (Å²) in [6.07, 6.45) is 0. The predicted octanol–water partition coefficient (Wildman–Crippen LogP) is 2.01. The van der Waals surface area contributed by atoms with Crippen LogP contribution < -0.4 is 5.32 Å². The molecule has 76 valence electrons. The molecule has 0 bridgehead atoms. The molecule has 4 heteroatoms. The fourth-order valence-corrected chi connectivity index (χ4v) is 1.41. The topological polar surface area (TPSA) is 29.1 Å². The van der Waals surface area contributed by atoms with E-state index >= 15 is 0 Å². The first-order chi connectivity index (χ1) is 6.74. The maximum absolute atomic E-state index is 10.9. The Hall–Kier alpha value is -0.670. The zero-order valence-corrected chi connectivity index (χ0v) is 9.26. The third-order valence-corrected chi connectivity index (χ3v) is 2.52. The molecule has 0 spiro atoms. The van der Waals surface area contributed by atoms with E-state index in [1.807, 2.05) is 30.3 Å². The quantitative estimate of drug-likeness (QED) is 0.600. The van der Waals surface area contributed by atoms with Crippen LogP contribution in [-0.2, 0) is 4.79 Å². The van der Waals surface area contributed by atoms with E-state index in [0.717, 1.165) is 5.56 Å². The van der Waals surface area contributed by atoms with E-state index in [-0.39, 0.29) is 17.0 Å². The van der Waals surface area contributed by atoms with E-state index in [1.165, 1.54) is 0 Å². The average Bonchev–Trinajstić information content (AvgIpc) is 2.26. The molecule has 1 N–H and O–H groups in total. The van der Waals surface area contributed by atoms with Gasteiger partial charge in [-0.3, -0.25) is 4.79 Å². The number of hydrogen-bond acceptors (Lipinski definition) is 2. The second-order valence-corrected chi connectivity index (χ2v) is 3.75. The van der Waals surface area contributed by atoms with E-state index in [4.69, 9.17) is 11.6 Å². The zero-order valence-electron chi connectivity index (χ0n) is 7.61. The van der Waals surface area contributed by atoms with E-state index in [0.29, 0.717) is 6.54 Å². The smallest absolute Gasteiger partial charge is 0.234 e. The van der Waals surface area contributed by atoms with E-state index in [2.05, 4.69) is 17.9 Å². The van der Waals surface area contributed by atoms with Crippen molar-refractivity contribution in [2.45, 2.75) is 5.25 Å². The maximum Gasteiger partial charge on any atom is 0.234 e. The van der Waals surface area contributed by atoms with Crippen LogP contribution in [0.15, 0.2) is 30.3 Å². The second-order valence-electron chi connectivity index (χ2n) is 2.86. The Labute approximate surface area is 94.1 Å². The van der Waals surface area contributed by atoms with Gasteiger partial charge in [-0.25, -0.2) is 0 Å². The Morgan fingerprint density at radius 2 is 2.07 bits per heavy atom. The Morgan fingerprint density at radius 3 is 2.64 bits per heavy atom. The first kappa shape index (κ1) is 11.4. The highest BCUT2D eigenvalue weighted by Crippen LogP contribution is 2.17. The van der Waals surface area contributed by atoms with Gasteiger partial charge in [0.1, 0.15) is 5.88 Å². The molecular weight excluding hydrogens is 218 g/mol. The number of benzene rings is 1. The Balaban J connectivity index is 2.43. The van der Waals surface area contributed by atoms with Gasteiger partial charge in [0.25, 0.3) is 0 Å². The van der Waals surface area contributed by atoms with Crippen LogP contribution >= 0.6 is 24.2 Å². The van der Waals surface area contributed by atoms with Crippen LogP contribution in [0.1, 0.15) is 10.8 Å². The highest BCUT2D eigenvalue weighted by atomic mass is 35.5. The minimum absolute atomic E-state index is 0.00468. The van der Waals surface area contributed by atoms with Crippen molar-refractivity contribution in [3.8, 4) is 0 Å². The average molecular weight is 230 g/mol. The Kier molecular flexibility index (Phi) is 4.84. The van der Waals surface area contributed by atoms with Gasteiger partial charge in [0, 0.05) is 11.8 Å². The lowest BCUT2D eigenvalue weighted by molar-refractivity contribution is -0.118. The van der Waals surface area contributed by atoms with Crippen LogP contribution in [0.3, 0.4) is 0 Å². The molecule has 1 atom stereocenters. The van der Waals surface area contributed by atoms with Crippen LogP contribution in [0.4, 0.5) is 0 Å². The molecule has 0 aliphatic carbocycles. The molecule has 0 radical (unpaired) electrons. The lowest BCUT2D eigenvalue weighted by Crippen LogP contribution is -2.27. The van der Waals surface area contributed by atoms with Crippen molar-refractivity contribution in [3.05, 3.63) is 35.9 Å². The lowest BCUT2D eigenvalue weighted by Gasteiger charge is -2.11. The number of alkyl halides is 1. The van der Waals surface area contributed by atoms with Crippen molar-refractivity contribution in [3.63, 3.8) is 0 Å². The number of nitrogens with one attached hydrogen (secondary N) is 1. The van der Waals surface area contributed by atoms with Crippen molar-refractivity contribution in [1.29, 1.82) is 0 Å². The molecule has 1 unspecified atom stereocenters. The monoisotopic (exact) mass is 229 g/mol. The third kappa shape index (κ3) is 3.60. The normalized spacial score (nSPS) is 12.1. The number of carbonyl (C=O) groups is 1. The predicted molar refractivity (Wildman–Crippen MR) is 61.9 cm³/mol. The molecule has 1 rings (SSSR count). The zero-order chi connectivity index (χ0) is 10.4. The number of hydrogen-bond donors (Lipinski definition) is 2. The standard InChI is InChI=1S/C10H12ClNOS/c11-6-10(13)12-7-9(14)8-4-2-1-3-5-8/h1-5,9,14H,6-7H2,(H,12,13). The summed E-state index contributed by atoms with van der Waals surface area (Å²) in [5.41, 5.74) is 1.09. The maximum atomic E-state index is 10.9. The van der Waals surface area contributed by atoms with Gasteiger partial charge in [0.15, 0.2) is 0 Å². The number of thiol groups is 1. The first-order valence-corrected chi connectivity index (χ1v) is 5.35. The molecule has 2 nitrogen and oxygen atoms in total. The van der Waals surface area contributed by atoms with Gasteiger partial charge in [-0.05, 0) is 5.56 Å². The number of amides is 1. The van der Waals surface area contributed by atoms with Gasteiger partial charge in [0.2, 0.25) is 5.91 Å². The molecule has 1 amide bonds. The molecular formula is C10H12ClNOS. The van der Waals surface area contributed by atoms with Gasteiger partial charge in [-0.15, -0.1) is 11.6 Å². The largest absolute Gasteiger partial charge is 0.354 e. The van der Waals surface area contributed by atoms with Gasteiger partial charge in [0.05, 0.1) is 0 Å². The summed E-state index contributed by atoms with van der Waals surface area (Å²) in [7, 11) is 0. The fourth-order valence-electron chi connectivity index (χ4n) is 1.05. The van der Waals surface area contributed by atoms with Crippen LogP contribution in [0.5, 0.6) is 0 Å². The number of rotatable bonds is 4. The van der Waals surface area contributed by atoms with Crippen molar-refractivity contribution >= 4 is 30.1 Å². The Bertz CT molecular complexity index is 291. The van der Waals surface area contributed by atoms with Gasteiger partial charge < -0.3 is 5.32 Å². The highest BCUT2D eigenvalue weighted by Gasteiger charge is 2.06. The molecule has 0 aromatic heterocycles. The molecule has 14 heavy (non-hydrogen) atoms. The summed E-state index contributed by atoms with van der Waals surface area (Å²) in [6, 6.07) is 9.79. The molecule has 0 saturated carbocycles. The van der Waals surface area contributed by atoms with Gasteiger partial charge in [-0.1, -0.05) is 30.3 Å². The lowest BCUT2D eigenvalue weighted by atomic mass is 10.1. The molecule has 1 aromatic rings. The van der Waals surface area contributed by atoms with Crippen LogP contribution in [0, 0.1) is 0 Å². The minimum atomic E-state index is -0.165. The summed E-state index contributed by atoms with van der Waals surface area (Å²) >= 11 is 9.72. The van der Waals surface area contributed by atoms with Gasteiger partial charge in [-0.2, -0.15) is 12.6 Å². The van der Waals surface area contributed by atoms with Crippen molar-refractivity contribution < 1.29 is 4.79 Å². The van der Waals surface area contributed by atoms with Crippen molar-refractivity contribution in [2.75, 3.05) is 12.4 Å². The minimum Gasteiger partial charge on any atom is -0.354 e. The molecule has 0 aliphatic heterocycles. The first-order valence-electron chi connectivity index (χ1n) is 4.29. The molecule has 0 heterocycles. The van der Waals surface area contributed by atoms with Crippen molar-refractivity contribution in [2.24, 2.45) is 0 Å². The number of halogens is 1. The SMILES string of the molecule is O=C(CCl)NCC(S)c1ccccc1. The molecule has 0 aliphatic rings. The van der Waals surface area contributed by atoms with E-state index < -0.39 is 0 Å². The van der Waals surface area contributed by atoms with Crippen LogP contribution in [0.25, 0.3) is 0 Å². The van der Waals surface area contributed by atoms with Crippen molar-refractivity contribution in [1.82, 2.24) is 5.32 Å².